The number of methoxy groups -OCH3 is 2. The zero-order chi connectivity index (χ0) is 21.2. The molecule has 3 rings (SSSR count). The molecule has 0 bridgehead atoms. The van der Waals surface area contributed by atoms with Gasteiger partial charge < -0.3 is 24.4 Å². The molecule has 0 unspecified atom stereocenters. The molecule has 162 valence electrons. The number of carboxylic acids is 2. The van der Waals surface area contributed by atoms with E-state index in [0.29, 0.717) is 0 Å². The first-order valence-electron chi connectivity index (χ1n) is 9.65. The Morgan fingerprint density at radius 1 is 1.03 bits per heavy atom. The standard InChI is InChI=1S/C18H28N2O3.C2H2O4/c1-21-17-3-4-18(22-2)15(13-17)14-19-7-5-16(6-8-19)20-9-11-23-12-10-20;3-1(4)2(5)6/h3-4,13,16H,5-12,14H2,1-2H3;(H,3,4)(H,5,6). The van der Waals surface area contributed by atoms with Crippen LogP contribution in [0.4, 0.5) is 0 Å². The largest absolute Gasteiger partial charge is 0.497 e. The van der Waals surface area contributed by atoms with Gasteiger partial charge in [0, 0.05) is 31.2 Å². The average molecular weight is 410 g/mol. The maximum absolute atomic E-state index is 9.10. The molecule has 1 aromatic carbocycles. The van der Waals surface area contributed by atoms with Gasteiger partial charge in [-0.3, -0.25) is 9.80 Å². The van der Waals surface area contributed by atoms with Gasteiger partial charge in [-0.05, 0) is 44.1 Å². The van der Waals surface area contributed by atoms with E-state index in [1.165, 1.54) is 18.4 Å². The van der Waals surface area contributed by atoms with Crippen LogP contribution in [0.1, 0.15) is 18.4 Å². The van der Waals surface area contributed by atoms with Crippen molar-refractivity contribution >= 4 is 11.9 Å². The summed E-state index contributed by atoms with van der Waals surface area (Å²) in [6.07, 6.45) is 2.48. The predicted octanol–water partition coefficient (Wildman–Crippen LogP) is 1.16. The molecule has 0 spiro atoms. The number of carbonyl (C=O) groups is 2. The molecule has 0 radical (unpaired) electrons. The van der Waals surface area contributed by atoms with Crippen LogP contribution in [0.15, 0.2) is 18.2 Å². The summed E-state index contributed by atoms with van der Waals surface area (Å²) in [5.41, 5.74) is 1.21. The van der Waals surface area contributed by atoms with E-state index in [-0.39, 0.29) is 0 Å². The minimum absolute atomic E-state index is 0.724. The van der Waals surface area contributed by atoms with E-state index in [1.807, 2.05) is 12.1 Å². The van der Waals surface area contributed by atoms with Crippen LogP contribution in [0.5, 0.6) is 11.5 Å². The average Bonchev–Trinajstić information content (AvgIpc) is 2.75. The minimum atomic E-state index is -1.82. The second kappa shape index (κ2) is 11.6. The third kappa shape index (κ3) is 7.19. The maximum atomic E-state index is 9.10. The number of hydrogen-bond acceptors (Lipinski definition) is 7. The van der Waals surface area contributed by atoms with Crippen LogP contribution in [0.25, 0.3) is 0 Å². The van der Waals surface area contributed by atoms with Crippen molar-refractivity contribution in [3.05, 3.63) is 23.8 Å². The van der Waals surface area contributed by atoms with Crippen molar-refractivity contribution in [2.45, 2.75) is 25.4 Å². The number of aliphatic carboxylic acids is 2. The van der Waals surface area contributed by atoms with Crippen molar-refractivity contribution in [3.8, 4) is 11.5 Å². The highest BCUT2D eigenvalue weighted by Crippen LogP contribution is 2.27. The smallest absolute Gasteiger partial charge is 0.414 e. The monoisotopic (exact) mass is 410 g/mol. The highest BCUT2D eigenvalue weighted by atomic mass is 16.5. The summed E-state index contributed by atoms with van der Waals surface area (Å²) in [5, 5.41) is 14.8. The van der Waals surface area contributed by atoms with Gasteiger partial charge in [0.2, 0.25) is 0 Å². The van der Waals surface area contributed by atoms with Crippen LogP contribution in [-0.2, 0) is 20.9 Å². The van der Waals surface area contributed by atoms with E-state index in [0.717, 1.165) is 63.5 Å². The van der Waals surface area contributed by atoms with Crippen LogP contribution >= 0.6 is 0 Å². The van der Waals surface area contributed by atoms with E-state index in [2.05, 4.69) is 15.9 Å². The molecule has 2 aliphatic heterocycles. The van der Waals surface area contributed by atoms with E-state index in [1.54, 1.807) is 14.2 Å². The molecule has 29 heavy (non-hydrogen) atoms. The number of nitrogens with zero attached hydrogens (tertiary/aromatic N) is 2. The van der Waals surface area contributed by atoms with Crippen molar-refractivity contribution in [2.75, 3.05) is 53.6 Å². The Morgan fingerprint density at radius 3 is 2.17 bits per heavy atom. The Morgan fingerprint density at radius 2 is 1.66 bits per heavy atom. The zero-order valence-electron chi connectivity index (χ0n) is 17.0. The maximum Gasteiger partial charge on any atom is 0.414 e. The van der Waals surface area contributed by atoms with E-state index in [9.17, 15) is 0 Å². The minimum Gasteiger partial charge on any atom is -0.497 e. The Kier molecular flexibility index (Phi) is 9.17. The lowest BCUT2D eigenvalue weighted by Gasteiger charge is -2.40. The summed E-state index contributed by atoms with van der Waals surface area (Å²) in [7, 11) is 3.44. The normalized spacial score (nSPS) is 18.4. The number of ether oxygens (including phenoxy) is 3. The number of likely N-dealkylation sites (tertiary alicyclic amines) is 1. The molecule has 9 nitrogen and oxygen atoms in total. The molecule has 2 fully saturated rings. The van der Waals surface area contributed by atoms with Gasteiger partial charge in [-0.15, -0.1) is 0 Å². The Bertz CT molecular complexity index is 657. The highest BCUT2D eigenvalue weighted by Gasteiger charge is 2.26. The van der Waals surface area contributed by atoms with Crippen LogP contribution in [0.2, 0.25) is 0 Å². The molecule has 2 saturated heterocycles. The number of benzene rings is 1. The van der Waals surface area contributed by atoms with E-state index in [4.69, 9.17) is 34.0 Å². The van der Waals surface area contributed by atoms with E-state index < -0.39 is 11.9 Å². The third-order valence-electron chi connectivity index (χ3n) is 5.18. The van der Waals surface area contributed by atoms with Gasteiger partial charge in [-0.1, -0.05) is 0 Å². The van der Waals surface area contributed by atoms with Crippen molar-refractivity contribution in [2.24, 2.45) is 0 Å². The fourth-order valence-corrected chi connectivity index (χ4v) is 3.63. The second-order valence-electron chi connectivity index (χ2n) is 6.94. The lowest BCUT2D eigenvalue weighted by molar-refractivity contribution is -0.159. The van der Waals surface area contributed by atoms with Crippen LogP contribution in [0, 0.1) is 0 Å². The highest BCUT2D eigenvalue weighted by molar-refractivity contribution is 6.27. The van der Waals surface area contributed by atoms with Crippen molar-refractivity contribution in [1.29, 1.82) is 0 Å². The van der Waals surface area contributed by atoms with Gasteiger partial charge >= 0.3 is 11.9 Å². The van der Waals surface area contributed by atoms with Crippen LogP contribution < -0.4 is 9.47 Å². The van der Waals surface area contributed by atoms with Gasteiger partial charge in [0.1, 0.15) is 11.5 Å². The van der Waals surface area contributed by atoms with Crippen molar-refractivity contribution < 1.29 is 34.0 Å². The fraction of sp³-hybridized carbons (Fsp3) is 0.600. The number of hydrogen-bond donors (Lipinski definition) is 2. The van der Waals surface area contributed by atoms with Crippen LogP contribution in [0.3, 0.4) is 0 Å². The van der Waals surface area contributed by atoms with Crippen molar-refractivity contribution in [3.63, 3.8) is 0 Å². The number of carboxylic acid groups (broad SMARTS) is 2. The Labute approximate surface area is 170 Å². The Hall–Kier alpha value is -2.36. The Balaban J connectivity index is 0.000000438. The van der Waals surface area contributed by atoms with E-state index >= 15 is 0 Å². The molecule has 0 amide bonds. The molecular formula is C20H30N2O7. The quantitative estimate of drug-likeness (QED) is 0.691. The van der Waals surface area contributed by atoms with Gasteiger partial charge in [-0.25, -0.2) is 9.59 Å². The molecule has 0 saturated carbocycles. The molecule has 0 aliphatic carbocycles. The first kappa shape index (κ1) is 22.9. The number of rotatable bonds is 5. The van der Waals surface area contributed by atoms with Gasteiger partial charge in [0.15, 0.2) is 0 Å². The summed E-state index contributed by atoms with van der Waals surface area (Å²) < 4.78 is 16.3. The molecule has 2 aliphatic rings. The summed E-state index contributed by atoms with van der Waals surface area (Å²) >= 11 is 0. The van der Waals surface area contributed by atoms with Gasteiger partial charge in [-0.2, -0.15) is 0 Å². The topological polar surface area (TPSA) is 109 Å². The lowest BCUT2D eigenvalue weighted by atomic mass is 10.0. The molecular weight excluding hydrogens is 380 g/mol. The predicted molar refractivity (Wildman–Crippen MR) is 106 cm³/mol. The fourth-order valence-electron chi connectivity index (χ4n) is 3.63. The zero-order valence-corrected chi connectivity index (χ0v) is 17.0. The molecule has 2 N–H and O–H groups in total. The third-order valence-corrected chi connectivity index (χ3v) is 5.18. The van der Waals surface area contributed by atoms with Crippen molar-refractivity contribution in [1.82, 2.24) is 9.80 Å². The molecule has 0 aromatic heterocycles. The molecule has 1 aromatic rings. The second-order valence-corrected chi connectivity index (χ2v) is 6.94. The lowest BCUT2D eigenvalue weighted by Crippen LogP contribution is -2.48. The first-order chi connectivity index (χ1) is 13.9. The van der Waals surface area contributed by atoms with Crippen LogP contribution in [-0.4, -0.2) is 91.6 Å². The summed E-state index contributed by atoms with van der Waals surface area (Å²) in [4.78, 5) is 23.3. The summed E-state index contributed by atoms with van der Waals surface area (Å²) in [6, 6.07) is 6.76. The SMILES string of the molecule is COc1ccc(OC)c(CN2CCC(N3CCOCC3)CC2)c1.O=C(O)C(=O)O. The number of morpholine rings is 1. The number of piperidine rings is 1. The van der Waals surface area contributed by atoms with Gasteiger partial charge in [0.05, 0.1) is 27.4 Å². The summed E-state index contributed by atoms with van der Waals surface area (Å²) in [6.45, 7) is 7.17. The molecule has 9 heteroatoms. The van der Waals surface area contributed by atoms with Gasteiger partial charge in [0.25, 0.3) is 0 Å². The first-order valence-corrected chi connectivity index (χ1v) is 9.65. The molecule has 2 heterocycles. The molecule has 0 atom stereocenters. The summed E-state index contributed by atoms with van der Waals surface area (Å²) in [5.74, 6) is -1.81.